The molecule has 0 aromatic carbocycles. The first kappa shape index (κ1) is 8.15. The van der Waals surface area contributed by atoms with E-state index in [0.29, 0.717) is 0 Å². The number of hydrogen-bond acceptors (Lipinski definition) is 3. The van der Waals surface area contributed by atoms with Crippen molar-refractivity contribution in [2.45, 2.75) is 0 Å². The summed E-state index contributed by atoms with van der Waals surface area (Å²) in [6.07, 6.45) is 0. The fourth-order valence-corrected chi connectivity index (χ4v) is 0.584. The summed E-state index contributed by atoms with van der Waals surface area (Å²) in [5.41, 5.74) is 4.58. The largest absolute Gasteiger partial charge is 0.369 e. The molecule has 0 aliphatic carbocycles. The molecule has 0 saturated carbocycles. The number of alkyl halides is 1. The zero-order chi connectivity index (χ0) is 7.49. The second-order valence-electron chi connectivity index (χ2n) is 1.24. The Morgan fingerprint density at radius 2 is 2.22 bits per heavy atom. The predicted octanol–water partition coefficient (Wildman–Crippen LogP) is -1.27. The summed E-state index contributed by atoms with van der Waals surface area (Å²) in [6, 6.07) is -1.56. The molecule has 0 amide bonds. The van der Waals surface area contributed by atoms with E-state index in [9.17, 15) is 12.8 Å². The molecule has 0 heterocycles. The molecule has 0 saturated heterocycles. The Labute approximate surface area is 51.6 Å². The van der Waals surface area contributed by atoms with Crippen LogP contribution in [0.25, 0.3) is 0 Å². The number of nitrogens with two attached hydrogens (primary N) is 1. The monoisotopic (exact) mass is 155 g/mol. The van der Waals surface area contributed by atoms with Crippen LogP contribution in [0.4, 0.5) is 4.39 Å². The molecule has 54 valence electrons. The van der Waals surface area contributed by atoms with Crippen LogP contribution in [0.5, 0.6) is 0 Å². The molecule has 0 spiro atoms. The highest BCUT2D eigenvalue weighted by Crippen LogP contribution is 1.80. The van der Waals surface area contributed by atoms with Crippen molar-refractivity contribution in [3.05, 3.63) is 0 Å². The van der Waals surface area contributed by atoms with Gasteiger partial charge < -0.3 is 5.73 Å². The third kappa shape index (κ3) is 3.71. The first-order chi connectivity index (χ1) is 3.98. The lowest BCUT2D eigenvalue weighted by Crippen LogP contribution is -2.36. The van der Waals surface area contributed by atoms with Gasteiger partial charge in [0.15, 0.2) is 5.96 Å². The van der Waals surface area contributed by atoms with Crippen molar-refractivity contribution in [2.24, 2.45) is 5.73 Å². The standard InChI is InChI=1S/C2H6FN3O2S/c3-1-9(7,8)6-2(4)5/h1H2,(H4,4,5,6). The second-order valence-corrected chi connectivity index (χ2v) is 2.89. The molecule has 0 fully saturated rings. The highest BCUT2D eigenvalue weighted by Gasteiger charge is 2.07. The summed E-state index contributed by atoms with van der Waals surface area (Å²) in [4.78, 5) is 0. The van der Waals surface area contributed by atoms with Crippen molar-refractivity contribution in [2.75, 3.05) is 6.01 Å². The summed E-state index contributed by atoms with van der Waals surface area (Å²) in [7, 11) is -3.98. The predicted molar refractivity (Wildman–Crippen MR) is 29.9 cm³/mol. The van der Waals surface area contributed by atoms with Crippen LogP contribution in [-0.2, 0) is 10.0 Å². The lowest BCUT2D eigenvalue weighted by atomic mass is 11.1. The normalized spacial score (nSPS) is 10.8. The molecule has 0 aliphatic heterocycles. The van der Waals surface area contributed by atoms with Gasteiger partial charge in [0, 0.05) is 0 Å². The third-order valence-corrected chi connectivity index (χ3v) is 1.23. The van der Waals surface area contributed by atoms with E-state index >= 15 is 0 Å². The Morgan fingerprint density at radius 3 is 2.33 bits per heavy atom. The first-order valence-corrected chi connectivity index (χ1v) is 3.53. The van der Waals surface area contributed by atoms with E-state index in [1.165, 1.54) is 4.72 Å². The molecule has 0 aromatic rings. The second kappa shape index (κ2) is 2.62. The number of halogens is 1. The van der Waals surface area contributed by atoms with E-state index in [4.69, 9.17) is 5.41 Å². The van der Waals surface area contributed by atoms with E-state index in [2.05, 4.69) is 5.73 Å². The van der Waals surface area contributed by atoms with Gasteiger partial charge in [0.2, 0.25) is 6.01 Å². The molecular formula is C2H6FN3O2S. The molecule has 7 heteroatoms. The molecule has 5 nitrogen and oxygen atoms in total. The Bertz CT molecular complexity index is 198. The zero-order valence-corrected chi connectivity index (χ0v) is 5.20. The van der Waals surface area contributed by atoms with Crippen molar-refractivity contribution in [1.82, 2.24) is 4.72 Å². The van der Waals surface area contributed by atoms with Gasteiger partial charge in [0.05, 0.1) is 0 Å². The molecule has 0 unspecified atom stereocenters. The average molecular weight is 155 g/mol. The van der Waals surface area contributed by atoms with Crippen LogP contribution >= 0.6 is 0 Å². The lowest BCUT2D eigenvalue weighted by Gasteiger charge is -1.98. The Balaban J connectivity index is 4.06. The number of nitrogens with one attached hydrogen (secondary N) is 2. The molecular weight excluding hydrogens is 149 g/mol. The fourth-order valence-electron chi connectivity index (χ4n) is 0.195. The average Bonchev–Trinajstić information content (AvgIpc) is 1.63. The lowest BCUT2D eigenvalue weighted by molar-refractivity contribution is 0.531. The molecule has 0 rings (SSSR count). The van der Waals surface area contributed by atoms with Crippen LogP contribution in [0.1, 0.15) is 0 Å². The Morgan fingerprint density at radius 1 is 1.78 bits per heavy atom. The van der Waals surface area contributed by atoms with Crippen LogP contribution in [0.3, 0.4) is 0 Å². The zero-order valence-electron chi connectivity index (χ0n) is 4.39. The number of hydrogen-bond donors (Lipinski definition) is 3. The highest BCUT2D eigenvalue weighted by molar-refractivity contribution is 7.89. The summed E-state index contributed by atoms with van der Waals surface area (Å²) in [5.74, 6) is -0.785. The SMILES string of the molecule is N=C(N)NS(=O)(=O)CF. The molecule has 0 atom stereocenters. The maximum Gasteiger partial charge on any atom is 0.264 e. The summed E-state index contributed by atoms with van der Waals surface area (Å²) >= 11 is 0. The van der Waals surface area contributed by atoms with Gasteiger partial charge in [-0.15, -0.1) is 0 Å². The quantitative estimate of drug-likeness (QED) is 0.342. The van der Waals surface area contributed by atoms with Crippen molar-refractivity contribution in [3.8, 4) is 0 Å². The van der Waals surface area contributed by atoms with E-state index < -0.39 is 22.0 Å². The van der Waals surface area contributed by atoms with E-state index in [1.54, 1.807) is 0 Å². The maximum absolute atomic E-state index is 11.3. The van der Waals surface area contributed by atoms with Gasteiger partial charge in [-0.3, -0.25) is 10.1 Å². The summed E-state index contributed by atoms with van der Waals surface area (Å²) in [6.45, 7) is 0. The van der Waals surface area contributed by atoms with E-state index in [0.717, 1.165) is 0 Å². The number of rotatable bonds is 2. The maximum atomic E-state index is 11.3. The van der Waals surface area contributed by atoms with Crippen LogP contribution in [0.2, 0.25) is 0 Å². The smallest absolute Gasteiger partial charge is 0.264 e. The first-order valence-electron chi connectivity index (χ1n) is 1.88. The van der Waals surface area contributed by atoms with Crippen molar-refractivity contribution in [3.63, 3.8) is 0 Å². The van der Waals surface area contributed by atoms with Crippen molar-refractivity contribution in [1.29, 1.82) is 5.41 Å². The van der Waals surface area contributed by atoms with E-state index in [1.807, 2.05) is 0 Å². The number of sulfonamides is 1. The van der Waals surface area contributed by atoms with E-state index in [-0.39, 0.29) is 0 Å². The van der Waals surface area contributed by atoms with Crippen LogP contribution in [-0.4, -0.2) is 20.4 Å². The van der Waals surface area contributed by atoms with Gasteiger partial charge in [-0.2, -0.15) is 0 Å². The minimum Gasteiger partial charge on any atom is -0.369 e. The van der Waals surface area contributed by atoms with Crippen molar-refractivity contribution >= 4 is 16.0 Å². The molecule has 4 N–H and O–H groups in total. The number of guanidine groups is 1. The topological polar surface area (TPSA) is 96.0 Å². The summed E-state index contributed by atoms with van der Waals surface area (Å²) in [5, 5.41) is 6.37. The minimum atomic E-state index is -3.98. The molecule has 0 aromatic heterocycles. The van der Waals surface area contributed by atoms with Gasteiger partial charge in [-0.05, 0) is 0 Å². The van der Waals surface area contributed by atoms with Crippen LogP contribution < -0.4 is 10.5 Å². The van der Waals surface area contributed by atoms with Crippen LogP contribution in [0, 0.1) is 5.41 Å². The van der Waals surface area contributed by atoms with Gasteiger partial charge in [0.1, 0.15) is 0 Å². The highest BCUT2D eigenvalue weighted by atomic mass is 32.2. The molecule has 0 bridgehead atoms. The molecule has 9 heavy (non-hydrogen) atoms. The van der Waals surface area contributed by atoms with Gasteiger partial charge in [0.25, 0.3) is 10.0 Å². The van der Waals surface area contributed by atoms with Crippen LogP contribution in [0.15, 0.2) is 0 Å². The molecule has 0 aliphatic rings. The molecule has 0 radical (unpaired) electrons. The van der Waals surface area contributed by atoms with Gasteiger partial charge in [-0.1, -0.05) is 0 Å². The Hall–Kier alpha value is -0.850. The fraction of sp³-hybridized carbons (Fsp3) is 0.500. The van der Waals surface area contributed by atoms with Gasteiger partial charge in [-0.25, -0.2) is 12.8 Å². The van der Waals surface area contributed by atoms with Crippen molar-refractivity contribution < 1.29 is 12.8 Å². The minimum absolute atomic E-state index is 0.785. The van der Waals surface area contributed by atoms with Gasteiger partial charge >= 0.3 is 0 Å². The Kier molecular flexibility index (Phi) is 2.38. The summed E-state index contributed by atoms with van der Waals surface area (Å²) < 4.78 is 33.0. The third-order valence-electron chi connectivity index (χ3n) is 0.409.